The lowest BCUT2D eigenvalue weighted by molar-refractivity contribution is 0.102. The monoisotopic (exact) mass is 404 g/mol. The molecule has 2 N–H and O–H groups in total. The molecule has 158 valence electrons. The minimum atomic E-state index is -0.0481. The summed E-state index contributed by atoms with van der Waals surface area (Å²) < 4.78 is 0. The van der Waals surface area contributed by atoms with E-state index in [1.165, 1.54) is 37.1 Å². The first-order chi connectivity index (χ1) is 14.7. The quantitative estimate of drug-likeness (QED) is 0.741. The molecule has 0 aromatic heterocycles. The molecule has 30 heavy (non-hydrogen) atoms. The molecule has 2 aliphatic carbocycles. The summed E-state index contributed by atoms with van der Waals surface area (Å²) in [7, 11) is 2.16. The topological polar surface area (TPSA) is 47.6 Å². The maximum absolute atomic E-state index is 12.6. The molecule has 2 saturated carbocycles. The van der Waals surface area contributed by atoms with Crippen LogP contribution in [0.1, 0.15) is 41.1 Å². The van der Waals surface area contributed by atoms with Crippen LogP contribution in [0.2, 0.25) is 0 Å². The molecule has 2 aromatic rings. The smallest absolute Gasteiger partial charge is 0.255 e. The number of likely N-dealkylation sites (N-methyl/N-ethyl adjacent to an activating group) is 1. The molecule has 2 atom stereocenters. The maximum Gasteiger partial charge on any atom is 0.255 e. The van der Waals surface area contributed by atoms with E-state index in [9.17, 15) is 4.79 Å². The number of hydrogen-bond donors (Lipinski definition) is 2. The number of carbonyl (C=O) groups is 1. The molecule has 1 aliphatic heterocycles. The highest BCUT2D eigenvalue weighted by Crippen LogP contribution is 2.41. The van der Waals surface area contributed by atoms with Gasteiger partial charge in [-0.25, -0.2) is 0 Å². The molecule has 0 radical (unpaired) electrons. The number of nitrogens with one attached hydrogen (secondary N) is 2. The first-order valence-corrected chi connectivity index (χ1v) is 11.3. The molecule has 5 heteroatoms. The van der Waals surface area contributed by atoms with E-state index in [-0.39, 0.29) is 5.91 Å². The molecule has 3 fully saturated rings. The van der Waals surface area contributed by atoms with Crippen LogP contribution in [0.15, 0.2) is 48.5 Å². The second-order valence-corrected chi connectivity index (χ2v) is 9.21. The Morgan fingerprint density at radius 3 is 2.33 bits per heavy atom. The standard InChI is InChI=1S/C25H32N4O/c1-28-12-14-29(15-13-28)22-10-8-21(9-11-22)27-25(30)20-6-4-19(5-7-20)23-16-24(23)26-17-18-2-3-18/h4-11,18,23-24,26H,2-3,12-17H2,1H3,(H,27,30)/t23-,24+/m0/s1. The van der Waals surface area contributed by atoms with Crippen molar-refractivity contribution in [2.75, 3.05) is 50.0 Å². The van der Waals surface area contributed by atoms with Crippen LogP contribution in [0.4, 0.5) is 11.4 Å². The molecule has 0 spiro atoms. The summed E-state index contributed by atoms with van der Waals surface area (Å²) in [6.07, 6.45) is 4.01. The van der Waals surface area contributed by atoms with Crippen LogP contribution in [0, 0.1) is 5.92 Å². The van der Waals surface area contributed by atoms with Gasteiger partial charge >= 0.3 is 0 Å². The van der Waals surface area contributed by atoms with Crippen molar-refractivity contribution < 1.29 is 4.79 Å². The Bertz CT molecular complexity index is 867. The summed E-state index contributed by atoms with van der Waals surface area (Å²) in [5, 5.41) is 6.71. The highest BCUT2D eigenvalue weighted by molar-refractivity contribution is 6.04. The first-order valence-electron chi connectivity index (χ1n) is 11.3. The average molecular weight is 405 g/mol. The third-order valence-electron chi connectivity index (χ3n) is 6.75. The van der Waals surface area contributed by atoms with Gasteiger partial charge in [-0.15, -0.1) is 0 Å². The molecular weight excluding hydrogens is 372 g/mol. The van der Waals surface area contributed by atoms with Crippen molar-refractivity contribution in [3.05, 3.63) is 59.7 Å². The van der Waals surface area contributed by atoms with Gasteiger partial charge in [-0.05, 0) is 80.7 Å². The molecule has 1 heterocycles. The predicted molar refractivity (Wildman–Crippen MR) is 122 cm³/mol. The van der Waals surface area contributed by atoms with Crippen molar-refractivity contribution in [1.82, 2.24) is 10.2 Å². The number of anilines is 2. The third kappa shape index (κ3) is 4.68. The number of carbonyl (C=O) groups excluding carboxylic acids is 1. The molecule has 0 bridgehead atoms. The summed E-state index contributed by atoms with van der Waals surface area (Å²) in [6.45, 7) is 5.45. The van der Waals surface area contributed by atoms with Crippen molar-refractivity contribution in [3.8, 4) is 0 Å². The number of benzene rings is 2. The first kappa shape index (κ1) is 19.6. The zero-order valence-electron chi connectivity index (χ0n) is 17.8. The van der Waals surface area contributed by atoms with Gasteiger partial charge in [0.25, 0.3) is 5.91 Å². The zero-order chi connectivity index (χ0) is 20.5. The van der Waals surface area contributed by atoms with E-state index < -0.39 is 0 Å². The van der Waals surface area contributed by atoms with Gasteiger partial charge in [0.2, 0.25) is 0 Å². The Morgan fingerprint density at radius 1 is 0.967 bits per heavy atom. The van der Waals surface area contributed by atoms with Crippen LogP contribution in [0.3, 0.4) is 0 Å². The van der Waals surface area contributed by atoms with Gasteiger partial charge in [0, 0.05) is 55.1 Å². The van der Waals surface area contributed by atoms with Gasteiger partial charge in [0.1, 0.15) is 0 Å². The van der Waals surface area contributed by atoms with E-state index in [0.29, 0.717) is 17.5 Å². The predicted octanol–water partition coefficient (Wildman–Crippen LogP) is 3.55. The van der Waals surface area contributed by atoms with Crippen molar-refractivity contribution in [2.24, 2.45) is 5.92 Å². The second-order valence-electron chi connectivity index (χ2n) is 9.21. The minimum Gasteiger partial charge on any atom is -0.369 e. The normalized spacial score (nSPS) is 24.0. The summed E-state index contributed by atoms with van der Waals surface area (Å²) in [4.78, 5) is 17.4. The SMILES string of the molecule is CN1CCN(c2ccc(NC(=O)c3ccc([C@@H]4C[C@H]4NCC4CC4)cc3)cc2)CC1. The maximum atomic E-state index is 12.6. The fourth-order valence-corrected chi connectivity index (χ4v) is 4.33. The molecule has 5 rings (SSSR count). The molecule has 5 nitrogen and oxygen atoms in total. The van der Waals surface area contributed by atoms with Gasteiger partial charge in [-0.2, -0.15) is 0 Å². The molecule has 3 aliphatic rings. The summed E-state index contributed by atoms with van der Waals surface area (Å²) in [5.74, 6) is 1.49. The Morgan fingerprint density at radius 2 is 1.67 bits per heavy atom. The molecule has 2 aromatic carbocycles. The third-order valence-corrected chi connectivity index (χ3v) is 6.75. The highest BCUT2D eigenvalue weighted by atomic mass is 16.1. The van der Waals surface area contributed by atoms with Crippen LogP contribution in [-0.2, 0) is 0 Å². The molecule has 0 unspecified atom stereocenters. The zero-order valence-corrected chi connectivity index (χ0v) is 17.8. The van der Waals surface area contributed by atoms with E-state index in [4.69, 9.17) is 0 Å². The van der Waals surface area contributed by atoms with Crippen molar-refractivity contribution in [3.63, 3.8) is 0 Å². The number of amides is 1. The van der Waals surface area contributed by atoms with Gasteiger partial charge in [0.15, 0.2) is 0 Å². The fraction of sp³-hybridized carbons (Fsp3) is 0.480. The molecule has 1 amide bonds. The summed E-state index contributed by atoms with van der Waals surface area (Å²) >= 11 is 0. The number of nitrogens with zero attached hydrogens (tertiary/aromatic N) is 2. The largest absolute Gasteiger partial charge is 0.369 e. The van der Waals surface area contributed by atoms with Crippen LogP contribution >= 0.6 is 0 Å². The molecular formula is C25H32N4O. The number of piperazine rings is 1. The Hall–Kier alpha value is -2.37. The van der Waals surface area contributed by atoms with E-state index in [2.05, 4.69) is 51.7 Å². The van der Waals surface area contributed by atoms with Gasteiger partial charge < -0.3 is 20.4 Å². The van der Waals surface area contributed by atoms with Gasteiger partial charge in [-0.1, -0.05) is 12.1 Å². The van der Waals surface area contributed by atoms with Gasteiger partial charge in [0.05, 0.1) is 0 Å². The Labute approximate surface area is 179 Å². The summed E-state index contributed by atoms with van der Waals surface area (Å²) in [5.41, 5.74) is 4.12. The van der Waals surface area contributed by atoms with Crippen LogP contribution in [0.25, 0.3) is 0 Å². The van der Waals surface area contributed by atoms with Crippen molar-refractivity contribution in [2.45, 2.75) is 31.2 Å². The summed E-state index contributed by atoms with van der Waals surface area (Å²) in [6, 6.07) is 17.0. The van der Waals surface area contributed by atoms with E-state index in [1.807, 2.05) is 24.3 Å². The second kappa shape index (κ2) is 8.40. The minimum absolute atomic E-state index is 0.0481. The average Bonchev–Trinajstić information content (AvgIpc) is 3.69. The lowest BCUT2D eigenvalue weighted by atomic mass is 10.1. The number of hydrogen-bond acceptors (Lipinski definition) is 4. The Balaban J connectivity index is 1.13. The van der Waals surface area contributed by atoms with Crippen molar-refractivity contribution in [1.29, 1.82) is 0 Å². The lowest BCUT2D eigenvalue weighted by Gasteiger charge is -2.34. The molecule has 1 saturated heterocycles. The Kier molecular flexibility index (Phi) is 5.48. The van der Waals surface area contributed by atoms with E-state index >= 15 is 0 Å². The van der Waals surface area contributed by atoms with E-state index in [1.54, 1.807) is 0 Å². The fourth-order valence-electron chi connectivity index (χ4n) is 4.33. The van der Waals surface area contributed by atoms with Crippen LogP contribution in [-0.4, -0.2) is 56.6 Å². The lowest BCUT2D eigenvalue weighted by Crippen LogP contribution is -2.44. The van der Waals surface area contributed by atoms with Crippen LogP contribution < -0.4 is 15.5 Å². The van der Waals surface area contributed by atoms with E-state index in [0.717, 1.165) is 37.8 Å². The van der Waals surface area contributed by atoms with Crippen LogP contribution in [0.5, 0.6) is 0 Å². The van der Waals surface area contributed by atoms with Gasteiger partial charge in [-0.3, -0.25) is 4.79 Å². The number of rotatable bonds is 7. The highest BCUT2D eigenvalue weighted by Gasteiger charge is 2.38. The van der Waals surface area contributed by atoms with Crippen molar-refractivity contribution >= 4 is 17.3 Å².